The lowest BCUT2D eigenvalue weighted by molar-refractivity contribution is 0.668. The molecular weight excluding hydrogens is 208 g/mol. The third-order valence-corrected chi connectivity index (χ3v) is 2.78. The quantitative estimate of drug-likeness (QED) is 0.511. The summed E-state index contributed by atoms with van der Waals surface area (Å²) >= 11 is 0. The Labute approximate surface area is 102 Å². The van der Waals surface area contributed by atoms with Gasteiger partial charge < -0.3 is 4.42 Å². The predicted molar refractivity (Wildman–Crippen MR) is 74.5 cm³/mol. The largest absolute Gasteiger partial charge is 0.456 e. The molecule has 88 valence electrons. The first kappa shape index (κ1) is 11.7. The molecule has 0 aliphatic heterocycles. The predicted octanol–water partition coefficient (Wildman–Crippen LogP) is 5.23. The van der Waals surface area contributed by atoms with E-state index >= 15 is 0 Å². The van der Waals surface area contributed by atoms with Crippen molar-refractivity contribution in [3.63, 3.8) is 0 Å². The molecule has 0 saturated heterocycles. The Hall–Kier alpha value is -1.76. The lowest BCUT2D eigenvalue weighted by Crippen LogP contribution is -1.71. The van der Waals surface area contributed by atoms with Crippen molar-refractivity contribution in [2.24, 2.45) is 0 Å². The van der Waals surface area contributed by atoms with Crippen molar-refractivity contribution < 1.29 is 4.42 Å². The highest BCUT2D eigenvalue weighted by molar-refractivity contribution is 6.05. The maximum atomic E-state index is 5.81. The summed E-state index contributed by atoms with van der Waals surface area (Å²) < 4.78 is 5.81. The number of hydrogen-bond donors (Lipinski definition) is 0. The SMILES string of the molecule is CC.Cc1ccc2c(c1)oc1cc(C)ccc12. The molecule has 2 aromatic carbocycles. The molecule has 1 aromatic heterocycles. The highest BCUT2D eigenvalue weighted by Gasteiger charge is 2.05. The fourth-order valence-corrected chi connectivity index (χ4v) is 1.99. The highest BCUT2D eigenvalue weighted by atomic mass is 16.3. The number of benzene rings is 2. The molecule has 0 aliphatic rings. The van der Waals surface area contributed by atoms with Crippen LogP contribution in [0.25, 0.3) is 21.9 Å². The fraction of sp³-hybridized carbons (Fsp3) is 0.250. The molecule has 0 atom stereocenters. The van der Waals surface area contributed by atoms with Gasteiger partial charge in [0.25, 0.3) is 0 Å². The summed E-state index contributed by atoms with van der Waals surface area (Å²) in [4.78, 5) is 0. The second-order valence-electron chi connectivity index (χ2n) is 4.10. The van der Waals surface area contributed by atoms with Crippen LogP contribution in [-0.4, -0.2) is 0 Å². The van der Waals surface area contributed by atoms with E-state index in [1.165, 1.54) is 21.9 Å². The van der Waals surface area contributed by atoms with Crippen LogP contribution in [0.4, 0.5) is 0 Å². The molecule has 0 radical (unpaired) electrons. The van der Waals surface area contributed by atoms with Crippen LogP contribution in [-0.2, 0) is 0 Å². The molecule has 0 amide bonds. The summed E-state index contributed by atoms with van der Waals surface area (Å²) in [7, 11) is 0. The summed E-state index contributed by atoms with van der Waals surface area (Å²) in [5.41, 5.74) is 4.43. The fourth-order valence-electron chi connectivity index (χ4n) is 1.99. The van der Waals surface area contributed by atoms with Crippen LogP contribution in [0.15, 0.2) is 40.8 Å². The third-order valence-electron chi connectivity index (χ3n) is 2.78. The summed E-state index contributed by atoms with van der Waals surface area (Å²) in [6.07, 6.45) is 0. The van der Waals surface area contributed by atoms with Crippen molar-refractivity contribution in [2.75, 3.05) is 0 Å². The number of hydrogen-bond acceptors (Lipinski definition) is 1. The van der Waals surface area contributed by atoms with Crippen LogP contribution in [0.1, 0.15) is 25.0 Å². The molecule has 0 spiro atoms. The molecule has 0 bridgehead atoms. The van der Waals surface area contributed by atoms with Gasteiger partial charge in [0.05, 0.1) is 0 Å². The van der Waals surface area contributed by atoms with Gasteiger partial charge in [0.2, 0.25) is 0 Å². The Bertz CT molecular complexity index is 591. The standard InChI is InChI=1S/C14H12O.C2H6/c1-9-3-5-11-12-6-4-10(2)8-14(12)15-13(11)7-9;1-2/h3-8H,1-2H3;1-2H3. The topological polar surface area (TPSA) is 13.1 Å². The molecule has 17 heavy (non-hydrogen) atoms. The average molecular weight is 226 g/mol. The highest BCUT2D eigenvalue weighted by Crippen LogP contribution is 2.29. The second kappa shape index (κ2) is 4.62. The first-order valence-electron chi connectivity index (χ1n) is 6.13. The molecule has 1 heteroatoms. The van der Waals surface area contributed by atoms with Gasteiger partial charge in [-0.15, -0.1) is 0 Å². The van der Waals surface area contributed by atoms with Crippen molar-refractivity contribution in [3.05, 3.63) is 47.5 Å². The van der Waals surface area contributed by atoms with Gasteiger partial charge in [0.1, 0.15) is 11.2 Å². The zero-order valence-electron chi connectivity index (χ0n) is 10.9. The first-order valence-corrected chi connectivity index (χ1v) is 6.13. The van der Waals surface area contributed by atoms with Crippen LogP contribution in [0, 0.1) is 13.8 Å². The lowest BCUT2D eigenvalue weighted by atomic mass is 10.1. The Morgan fingerprint density at radius 3 is 1.53 bits per heavy atom. The first-order chi connectivity index (χ1) is 8.24. The van der Waals surface area contributed by atoms with Gasteiger partial charge in [-0.25, -0.2) is 0 Å². The second-order valence-corrected chi connectivity index (χ2v) is 4.10. The van der Waals surface area contributed by atoms with Crippen LogP contribution in [0.3, 0.4) is 0 Å². The summed E-state index contributed by atoms with van der Waals surface area (Å²) in [5, 5.41) is 2.41. The minimum Gasteiger partial charge on any atom is -0.456 e. The minimum absolute atomic E-state index is 0.982. The van der Waals surface area contributed by atoms with E-state index in [0.717, 1.165) is 11.2 Å². The summed E-state index contributed by atoms with van der Waals surface area (Å²) in [6, 6.07) is 12.7. The van der Waals surface area contributed by atoms with E-state index in [1.807, 2.05) is 13.8 Å². The molecule has 0 unspecified atom stereocenters. The van der Waals surface area contributed by atoms with Gasteiger partial charge in [-0.2, -0.15) is 0 Å². The van der Waals surface area contributed by atoms with E-state index in [9.17, 15) is 0 Å². The molecule has 3 aromatic rings. The van der Waals surface area contributed by atoms with Crippen LogP contribution >= 0.6 is 0 Å². The molecule has 3 rings (SSSR count). The molecule has 0 fully saturated rings. The van der Waals surface area contributed by atoms with Crippen LogP contribution in [0.2, 0.25) is 0 Å². The molecule has 0 aliphatic carbocycles. The molecular formula is C16H18O. The average Bonchev–Trinajstić information content (AvgIpc) is 2.67. The van der Waals surface area contributed by atoms with E-state index in [2.05, 4.69) is 50.2 Å². The molecule has 0 saturated carbocycles. The normalized spacial score (nSPS) is 10.4. The number of furan rings is 1. The van der Waals surface area contributed by atoms with Gasteiger partial charge >= 0.3 is 0 Å². The molecule has 1 heterocycles. The van der Waals surface area contributed by atoms with Crippen molar-refractivity contribution >= 4 is 21.9 Å². The van der Waals surface area contributed by atoms with Gasteiger partial charge in [0.15, 0.2) is 0 Å². The van der Waals surface area contributed by atoms with Crippen molar-refractivity contribution in [1.29, 1.82) is 0 Å². The molecule has 0 N–H and O–H groups in total. The summed E-state index contributed by atoms with van der Waals surface area (Å²) in [6.45, 7) is 8.16. The van der Waals surface area contributed by atoms with Crippen LogP contribution < -0.4 is 0 Å². The smallest absolute Gasteiger partial charge is 0.135 e. The van der Waals surface area contributed by atoms with E-state index < -0.39 is 0 Å². The minimum atomic E-state index is 0.982. The van der Waals surface area contributed by atoms with E-state index in [1.54, 1.807) is 0 Å². The summed E-state index contributed by atoms with van der Waals surface area (Å²) in [5.74, 6) is 0. The van der Waals surface area contributed by atoms with Crippen molar-refractivity contribution in [1.82, 2.24) is 0 Å². The van der Waals surface area contributed by atoms with E-state index in [0.29, 0.717) is 0 Å². The van der Waals surface area contributed by atoms with Crippen molar-refractivity contribution in [2.45, 2.75) is 27.7 Å². The monoisotopic (exact) mass is 226 g/mol. The van der Waals surface area contributed by atoms with Gasteiger partial charge in [-0.05, 0) is 37.1 Å². The Balaban J connectivity index is 0.000000514. The third kappa shape index (κ3) is 2.05. The lowest BCUT2D eigenvalue weighted by Gasteiger charge is -1.91. The van der Waals surface area contributed by atoms with E-state index in [-0.39, 0.29) is 0 Å². The van der Waals surface area contributed by atoms with Gasteiger partial charge in [0, 0.05) is 10.8 Å². The maximum Gasteiger partial charge on any atom is 0.135 e. The zero-order valence-corrected chi connectivity index (χ0v) is 10.9. The van der Waals surface area contributed by atoms with Crippen molar-refractivity contribution in [3.8, 4) is 0 Å². The zero-order chi connectivity index (χ0) is 12.4. The number of fused-ring (bicyclic) bond motifs is 3. The Morgan fingerprint density at radius 1 is 0.706 bits per heavy atom. The van der Waals surface area contributed by atoms with Crippen LogP contribution in [0.5, 0.6) is 0 Å². The Kier molecular flexibility index (Phi) is 3.19. The van der Waals surface area contributed by atoms with Gasteiger partial charge in [-0.3, -0.25) is 0 Å². The Morgan fingerprint density at radius 2 is 1.12 bits per heavy atom. The number of rotatable bonds is 0. The number of aryl methyl sites for hydroxylation is 2. The van der Waals surface area contributed by atoms with Gasteiger partial charge in [-0.1, -0.05) is 38.1 Å². The maximum absolute atomic E-state index is 5.81. The van der Waals surface area contributed by atoms with E-state index in [4.69, 9.17) is 4.42 Å². The molecule has 1 nitrogen and oxygen atoms in total.